The van der Waals surface area contributed by atoms with Gasteiger partial charge in [-0.15, -0.1) is 0 Å². The van der Waals surface area contributed by atoms with Gasteiger partial charge in [-0.3, -0.25) is 9.59 Å². The first-order chi connectivity index (χ1) is 13.0. The summed E-state index contributed by atoms with van der Waals surface area (Å²) >= 11 is 0. The molecule has 1 atom stereocenters. The van der Waals surface area contributed by atoms with Crippen molar-refractivity contribution >= 4 is 77.0 Å². The monoisotopic (exact) mass is 431 g/mol. The summed E-state index contributed by atoms with van der Waals surface area (Å²) in [4.78, 5) is 33.3. The van der Waals surface area contributed by atoms with Crippen LogP contribution >= 0.6 is 0 Å². The zero-order valence-corrected chi connectivity index (χ0v) is 23.0. The molecule has 0 fully saturated rings. The molecule has 0 unspecified atom stereocenters. The number of amides is 1. The number of carbonyl (C=O) groups excluding carboxylic acids is 1. The molecule has 3 N–H and O–H groups in total. The van der Waals surface area contributed by atoms with E-state index in [1.165, 1.54) is 64.2 Å². The average Bonchev–Trinajstić information content (AvgIpc) is 2.62. The quantitative estimate of drug-likeness (QED) is 0.211. The van der Waals surface area contributed by atoms with Gasteiger partial charge < -0.3 is 15.5 Å². The van der Waals surface area contributed by atoms with Gasteiger partial charge in [0, 0.05) is 72.0 Å². The summed E-state index contributed by atoms with van der Waals surface area (Å²) in [6, 6.07) is -1.12. The third kappa shape index (κ3) is 24.6. The standard InChI is InChI=1S/C21H39NO5.2Na/c1-2-3-4-5-6-7-8-9-10-11-12-13-14-15-19(23)22-18(21(26)27)16-17-20(24)25;;/h18H,2-17H2,1H3,(H,22,23)(H,24,25)(H,26,27);;/t18-;;/m0../s1. The van der Waals surface area contributed by atoms with Crippen molar-refractivity contribution in [2.75, 3.05) is 0 Å². The molecule has 0 aromatic carbocycles. The molecule has 0 aliphatic heterocycles. The smallest absolute Gasteiger partial charge is 0.326 e. The van der Waals surface area contributed by atoms with E-state index < -0.39 is 18.0 Å². The van der Waals surface area contributed by atoms with Crippen molar-refractivity contribution in [3.63, 3.8) is 0 Å². The number of aliphatic carboxylic acids is 2. The minimum Gasteiger partial charge on any atom is -0.481 e. The Kier molecular flexibility index (Phi) is 29.0. The van der Waals surface area contributed by atoms with Crippen LogP contribution in [0.2, 0.25) is 0 Å². The van der Waals surface area contributed by atoms with Gasteiger partial charge in [-0.1, -0.05) is 84.0 Å². The zero-order valence-electron chi connectivity index (χ0n) is 19.0. The molecule has 0 bridgehead atoms. The van der Waals surface area contributed by atoms with Crippen LogP contribution in [0.25, 0.3) is 0 Å². The Bertz CT molecular complexity index is 422. The second-order valence-electron chi connectivity index (χ2n) is 7.38. The van der Waals surface area contributed by atoms with Crippen LogP contribution in [0.1, 0.15) is 110 Å². The summed E-state index contributed by atoms with van der Waals surface area (Å²) in [6.45, 7) is 2.24. The van der Waals surface area contributed by atoms with Crippen molar-refractivity contribution in [3.8, 4) is 0 Å². The number of unbranched alkanes of at least 4 members (excludes halogenated alkanes) is 12. The fourth-order valence-electron chi connectivity index (χ4n) is 3.10. The van der Waals surface area contributed by atoms with Gasteiger partial charge in [-0.25, -0.2) is 4.79 Å². The maximum Gasteiger partial charge on any atom is 0.326 e. The Morgan fingerprint density at radius 2 is 1.10 bits per heavy atom. The van der Waals surface area contributed by atoms with Gasteiger partial charge in [0.2, 0.25) is 5.91 Å². The molecule has 0 aromatic heterocycles. The van der Waals surface area contributed by atoms with Crippen LogP contribution in [0.4, 0.5) is 0 Å². The van der Waals surface area contributed by atoms with E-state index in [-0.39, 0.29) is 77.9 Å². The number of rotatable bonds is 19. The van der Waals surface area contributed by atoms with Gasteiger partial charge in [0.1, 0.15) is 6.04 Å². The largest absolute Gasteiger partial charge is 0.481 e. The molecule has 0 rings (SSSR count). The molecule has 0 aliphatic rings. The Labute approximate surface area is 220 Å². The van der Waals surface area contributed by atoms with Crippen molar-refractivity contribution in [1.82, 2.24) is 5.32 Å². The summed E-state index contributed by atoms with van der Waals surface area (Å²) in [7, 11) is 0. The van der Waals surface area contributed by atoms with Crippen LogP contribution in [0.3, 0.4) is 0 Å². The molecule has 0 saturated carbocycles. The first kappa shape index (κ1) is 34.0. The van der Waals surface area contributed by atoms with Crippen molar-refractivity contribution in [3.05, 3.63) is 0 Å². The third-order valence-corrected chi connectivity index (χ3v) is 4.79. The molecule has 2 radical (unpaired) electrons. The fraction of sp³-hybridized carbons (Fsp3) is 0.857. The molecule has 6 nitrogen and oxygen atoms in total. The van der Waals surface area contributed by atoms with Crippen molar-refractivity contribution in [2.24, 2.45) is 0 Å². The number of carbonyl (C=O) groups is 3. The second-order valence-corrected chi connectivity index (χ2v) is 7.38. The van der Waals surface area contributed by atoms with Gasteiger partial charge in [0.15, 0.2) is 0 Å². The number of hydrogen-bond acceptors (Lipinski definition) is 3. The van der Waals surface area contributed by atoms with E-state index in [1.807, 2.05) is 0 Å². The molecule has 8 heteroatoms. The Balaban J connectivity index is -0.00000338. The molecule has 160 valence electrons. The predicted octanol–water partition coefficient (Wildman–Crippen LogP) is 4.14. The minimum atomic E-state index is -1.19. The SMILES string of the molecule is CCCCCCCCCCCCCCCC(=O)N[C@@H](CCC(=O)O)C(=O)O.[Na].[Na]. The van der Waals surface area contributed by atoms with Crippen molar-refractivity contribution < 1.29 is 24.6 Å². The van der Waals surface area contributed by atoms with Crippen molar-refractivity contribution in [1.29, 1.82) is 0 Å². The summed E-state index contributed by atoms with van der Waals surface area (Å²) < 4.78 is 0. The summed E-state index contributed by atoms with van der Waals surface area (Å²) in [5.74, 6) is -2.56. The Morgan fingerprint density at radius 1 is 0.690 bits per heavy atom. The third-order valence-electron chi connectivity index (χ3n) is 4.79. The molecular formula is C21H39NNa2O5. The summed E-state index contributed by atoms with van der Waals surface area (Å²) in [5.41, 5.74) is 0. The van der Waals surface area contributed by atoms with Crippen LogP contribution < -0.4 is 5.32 Å². The van der Waals surface area contributed by atoms with E-state index in [2.05, 4.69) is 12.2 Å². The normalized spacial score (nSPS) is 11.1. The first-order valence-electron chi connectivity index (χ1n) is 10.7. The van der Waals surface area contributed by atoms with E-state index in [0.717, 1.165) is 19.3 Å². The first-order valence-corrected chi connectivity index (χ1v) is 10.7. The molecule has 0 saturated heterocycles. The van der Waals surface area contributed by atoms with Crippen LogP contribution in [-0.4, -0.2) is 93.2 Å². The number of carboxylic acids is 2. The summed E-state index contributed by atoms with van der Waals surface area (Å²) in [6.07, 6.45) is 15.9. The number of nitrogens with one attached hydrogen (secondary N) is 1. The Hall–Kier alpha value is 0.410. The molecule has 1 amide bonds. The topological polar surface area (TPSA) is 104 Å². The zero-order chi connectivity index (χ0) is 20.3. The van der Waals surface area contributed by atoms with Crippen LogP contribution in [-0.2, 0) is 14.4 Å². The van der Waals surface area contributed by atoms with E-state index >= 15 is 0 Å². The second kappa shape index (κ2) is 24.7. The van der Waals surface area contributed by atoms with E-state index in [1.54, 1.807) is 0 Å². The maximum atomic E-state index is 11.8. The van der Waals surface area contributed by atoms with Crippen molar-refractivity contribution in [2.45, 2.75) is 116 Å². The molecule has 0 spiro atoms. The van der Waals surface area contributed by atoms with Crippen LogP contribution in [0.15, 0.2) is 0 Å². The van der Waals surface area contributed by atoms with E-state index in [9.17, 15) is 14.4 Å². The number of carboxylic acid groups (broad SMARTS) is 2. The predicted molar refractivity (Wildman–Crippen MR) is 118 cm³/mol. The van der Waals surface area contributed by atoms with Gasteiger partial charge in [0.25, 0.3) is 0 Å². The van der Waals surface area contributed by atoms with E-state index in [0.29, 0.717) is 6.42 Å². The Morgan fingerprint density at radius 3 is 1.48 bits per heavy atom. The van der Waals surface area contributed by atoms with Gasteiger partial charge >= 0.3 is 11.9 Å². The fourth-order valence-corrected chi connectivity index (χ4v) is 3.10. The number of hydrogen-bond donors (Lipinski definition) is 3. The van der Waals surface area contributed by atoms with Gasteiger partial charge in [-0.05, 0) is 12.8 Å². The van der Waals surface area contributed by atoms with Gasteiger partial charge in [-0.2, -0.15) is 0 Å². The molecule has 29 heavy (non-hydrogen) atoms. The minimum absolute atomic E-state index is 0. The van der Waals surface area contributed by atoms with E-state index in [4.69, 9.17) is 10.2 Å². The summed E-state index contributed by atoms with van der Waals surface area (Å²) in [5, 5.41) is 20.0. The maximum absolute atomic E-state index is 11.8. The molecule has 0 aromatic rings. The van der Waals surface area contributed by atoms with Crippen LogP contribution in [0, 0.1) is 0 Å². The van der Waals surface area contributed by atoms with Crippen LogP contribution in [0.5, 0.6) is 0 Å². The average molecular weight is 432 g/mol. The molecule has 0 aliphatic carbocycles. The van der Waals surface area contributed by atoms with Gasteiger partial charge in [0.05, 0.1) is 0 Å². The molecule has 0 heterocycles. The molecular weight excluding hydrogens is 392 g/mol.